The van der Waals surface area contributed by atoms with E-state index in [0.717, 1.165) is 32.5 Å². The van der Waals surface area contributed by atoms with Crippen LogP contribution in [0.2, 0.25) is 0 Å². The molecule has 1 saturated heterocycles. The minimum atomic E-state index is 0.367. The molecule has 0 aliphatic carbocycles. The van der Waals surface area contributed by atoms with Crippen LogP contribution in [0.15, 0.2) is 16.8 Å². The average molecular weight is 211 g/mol. The fraction of sp³-hybridized carbons (Fsp3) is 0.636. The quantitative estimate of drug-likeness (QED) is 0.826. The third-order valence-electron chi connectivity index (χ3n) is 2.95. The van der Waals surface area contributed by atoms with E-state index in [1.807, 2.05) is 0 Å². The zero-order chi connectivity index (χ0) is 9.80. The van der Waals surface area contributed by atoms with Gasteiger partial charge in [0.1, 0.15) is 0 Å². The first-order chi connectivity index (χ1) is 6.88. The molecule has 1 N–H and O–H groups in total. The van der Waals surface area contributed by atoms with E-state index in [1.54, 1.807) is 11.3 Å². The molecule has 0 bridgehead atoms. The van der Waals surface area contributed by atoms with Crippen LogP contribution in [0.25, 0.3) is 0 Å². The first-order valence-corrected chi connectivity index (χ1v) is 6.17. The highest BCUT2D eigenvalue weighted by Gasteiger charge is 2.18. The first kappa shape index (κ1) is 10.1. The summed E-state index contributed by atoms with van der Waals surface area (Å²) >= 11 is 1.77. The first-order valence-electron chi connectivity index (χ1n) is 5.23. The molecule has 2 rings (SSSR count). The number of aliphatic hydroxyl groups is 1. The van der Waals surface area contributed by atoms with E-state index in [0.29, 0.717) is 12.5 Å². The number of hydrogen-bond acceptors (Lipinski definition) is 3. The maximum absolute atomic E-state index is 9.02. The Morgan fingerprint density at radius 2 is 2.21 bits per heavy atom. The zero-order valence-electron chi connectivity index (χ0n) is 8.35. The van der Waals surface area contributed by atoms with Crippen LogP contribution in [0.3, 0.4) is 0 Å². The Labute approximate surface area is 89.2 Å². The van der Waals surface area contributed by atoms with Crippen molar-refractivity contribution in [3.05, 3.63) is 22.4 Å². The second kappa shape index (κ2) is 4.91. The fourth-order valence-corrected chi connectivity index (χ4v) is 2.63. The monoisotopic (exact) mass is 211 g/mol. The summed E-state index contributed by atoms with van der Waals surface area (Å²) < 4.78 is 0. The van der Waals surface area contributed by atoms with Crippen molar-refractivity contribution in [2.75, 3.05) is 19.7 Å². The molecule has 1 aromatic rings. The SMILES string of the molecule is OCC1CCN(Cc2ccsc2)CC1. The number of nitrogens with zero attached hydrogens (tertiary/aromatic N) is 1. The van der Waals surface area contributed by atoms with Crippen LogP contribution >= 0.6 is 11.3 Å². The van der Waals surface area contributed by atoms with E-state index in [2.05, 4.69) is 21.7 Å². The van der Waals surface area contributed by atoms with E-state index in [9.17, 15) is 0 Å². The molecule has 2 heterocycles. The van der Waals surface area contributed by atoms with Crippen molar-refractivity contribution in [3.8, 4) is 0 Å². The lowest BCUT2D eigenvalue weighted by atomic mass is 9.98. The van der Waals surface area contributed by atoms with E-state index < -0.39 is 0 Å². The summed E-state index contributed by atoms with van der Waals surface area (Å²) in [4.78, 5) is 2.48. The molecule has 1 aliphatic heterocycles. The highest BCUT2D eigenvalue weighted by atomic mass is 32.1. The molecule has 0 radical (unpaired) electrons. The highest BCUT2D eigenvalue weighted by Crippen LogP contribution is 2.18. The Bertz CT molecular complexity index is 252. The standard InChI is InChI=1S/C11H17NOS/c13-8-10-1-4-12(5-2-10)7-11-3-6-14-9-11/h3,6,9-10,13H,1-2,4-5,7-8H2. The third kappa shape index (κ3) is 2.56. The largest absolute Gasteiger partial charge is 0.396 e. The molecular weight excluding hydrogens is 194 g/mol. The lowest BCUT2D eigenvalue weighted by Gasteiger charge is -2.30. The van der Waals surface area contributed by atoms with E-state index in [4.69, 9.17) is 5.11 Å². The van der Waals surface area contributed by atoms with Crippen molar-refractivity contribution in [3.63, 3.8) is 0 Å². The molecule has 14 heavy (non-hydrogen) atoms. The second-order valence-corrected chi connectivity index (χ2v) is 4.81. The predicted octanol–water partition coefficient (Wildman–Crippen LogP) is 1.95. The molecule has 0 unspecified atom stereocenters. The van der Waals surface area contributed by atoms with Gasteiger partial charge in [-0.25, -0.2) is 0 Å². The molecule has 0 saturated carbocycles. The minimum absolute atomic E-state index is 0.367. The summed E-state index contributed by atoms with van der Waals surface area (Å²) in [6, 6.07) is 2.20. The molecule has 1 aliphatic rings. The van der Waals surface area contributed by atoms with E-state index in [-0.39, 0.29) is 0 Å². The molecule has 1 aromatic heterocycles. The van der Waals surface area contributed by atoms with Crippen LogP contribution in [-0.4, -0.2) is 29.7 Å². The van der Waals surface area contributed by atoms with Crippen molar-refractivity contribution in [1.82, 2.24) is 4.90 Å². The molecule has 0 amide bonds. The van der Waals surface area contributed by atoms with Gasteiger partial charge >= 0.3 is 0 Å². The molecular formula is C11H17NOS. The summed E-state index contributed by atoms with van der Waals surface area (Å²) in [6.45, 7) is 3.73. The number of hydrogen-bond donors (Lipinski definition) is 1. The number of piperidine rings is 1. The van der Waals surface area contributed by atoms with Crippen LogP contribution in [0.4, 0.5) is 0 Å². The van der Waals surface area contributed by atoms with Gasteiger partial charge in [-0.1, -0.05) is 0 Å². The fourth-order valence-electron chi connectivity index (χ4n) is 1.97. The van der Waals surface area contributed by atoms with Gasteiger partial charge in [0.05, 0.1) is 0 Å². The smallest absolute Gasteiger partial charge is 0.0460 e. The van der Waals surface area contributed by atoms with Crippen LogP contribution < -0.4 is 0 Å². The Balaban J connectivity index is 1.79. The van der Waals surface area contributed by atoms with Crippen molar-refractivity contribution >= 4 is 11.3 Å². The van der Waals surface area contributed by atoms with Crippen molar-refractivity contribution in [1.29, 1.82) is 0 Å². The topological polar surface area (TPSA) is 23.5 Å². The number of likely N-dealkylation sites (tertiary alicyclic amines) is 1. The minimum Gasteiger partial charge on any atom is -0.396 e. The van der Waals surface area contributed by atoms with Gasteiger partial charge in [0, 0.05) is 13.2 Å². The molecule has 0 atom stereocenters. The molecule has 78 valence electrons. The highest BCUT2D eigenvalue weighted by molar-refractivity contribution is 7.07. The van der Waals surface area contributed by atoms with Gasteiger partial charge in [-0.15, -0.1) is 0 Å². The van der Waals surface area contributed by atoms with Gasteiger partial charge in [-0.05, 0) is 54.2 Å². The van der Waals surface area contributed by atoms with Gasteiger partial charge in [0.25, 0.3) is 0 Å². The maximum Gasteiger partial charge on any atom is 0.0460 e. The van der Waals surface area contributed by atoms with Crippen LogP contribution in [0.1, 0.15) is 18.4 Å². The van der Waals surface area contributed by atoms with Gasteiger partial charge < -0.3 is 5.11 Å². The Hall–Kier alpha value is -0.380. The normalized spacial score (nSPS) is 20.1. The van der Waals surface area contributed by atoms with E-state index in [1.165, 1.54) is 5.56 Å². The molecule has 2 nitrogen and oxygen atoms in total. The summed E-state index contributed by atoms with van der Waals surface area (Å²) in [5.41, 5.74) is 1.43. The summed E-state index contributed by atoms with van der Waals surface area (Å²) in [6.07, 6.45) is 2.31. The van der Waals surface area contributed by atoms with Crippen molar-refractivity contribution in [2.45, 2.75) is 19.4 Å². The number of rotatable bonds is 3. The van der Waals surface area contributed by atoms with Gasteiger partial charge in [0.15, 0.2) is 0 Å². The third-order valence-corrected chi connectivity index (χ3v) is 3.68. The number of thiophene rings is 1. The maximum atomic E-state index is 9.02. The Morgan fingerprint density at radius 1 is 1.43 bits per heavy atom. The van der Waals surface area contributed by atoms with Crippen molar-refractivity contribution < 1.29 is 5.11 Å². The number of aliphatic hydroxyl groups excluding tert-OH is 1. The van der Waals surface area contributed by atoms with Crippen molar-refractivity contribution in [2.24, 2.45) is 5.92 Å². The predicted molar refractivity (Wildman–Crippen MR) is 59.4 cm³/mol. The van der Waals surface area contributed by atoms with E-state index >= 15 is 0 Å². The summed E-state index contributed by atoms with van der Waals surface area (Å²) in [5, 5.41) is 13.4. The van der Waals surface area contributed by atoms with Crippen LogP contribution in [0.5, 0.6) is 0 Å². The van der Waals surface area contributed by atoms with Crippen LogP contribution in [0, 0.1) is 5.92 Å². The summed E-state index contributed by atoms with van der Waals surface area (Å²) in [7, 11) is 0. The zero-order valence-corrected chi connectivity index (χ0v) is 9.17. The molecule has 1 fully saturated rings. The van der Waals surface area contributed by atoms with Gasteiger partial charge in [-0.2, -0.15) is 11.3 Å². The van der Waals surface area contributed by atoms with Gasteiger partial charge in [0.2, 0.25) is 0 Å². The molecule has 0 aromatic carbocycles. The van der Waals surface area contributed by atoms with Crippen LogP contribution in [-0.2, 0) is 6.54 Å². The lowest BCUT2D eigenvalue weighted by Crippen LogP contribution is -2.34. The Morgan fingerprint density at radius 3 is 2.79 bits per heavy atom. The lowest BCUT2D eigenvalue weighted by molar-refractivity contribution is 0.127. The second-order valence-electron chi connectivity index (χ2n) is 4.03. The van der Waals surface area contributed by atoms with Gasteiger partial charge in [-0.3, -0.25) is 4.90 Å². The molecule has 3 heteroatoms. The summed E-state index contributed by atoms with van der Waals surface area (Å²) in [5.74, 6) is 0.550. The Kier molecular flexibility index (Phi) is 3.56. The molecule has 0 spiro atoms. The average Bonchev–Trinajstić information content (AvgIpc) is 2.72.